The fourth-order valence-corrected chi connectivity index (χ4v) is 1.52. The van der Waals surface area contributed by atoms with E-state index >= 15 is 0 Å². The summed E-state index contributed by atoms with van der Waals surface area (Å²) in [5, 5.41) is 0. The van der Waals surface area contributed by atoms with Crippen molar-refractivity contribution in [2.45, 2.75) is 65.3 Å². The SMILES string of the molecule is CCCCCC(CCC)N=CC(C)=CN. The summed E-state index contributed by atoms with van der Waals surface area (Å²) in [5.74, 6) is 0. The number of hydrogen-bond acceptors (Lipinski definition) is 2. The molecule has 1 unspecified atom stereocenters. The molecular weight excluding hydrogens is 184 g/mol. The molecule has 0 spiro atoms. The zero-order valence-electron chi connectivity index (χ0n) is 10.5. The van der Waals surface area contributed by atoms with Crippen LogP contribution in [-0.4, -0.2) is 12.3 Å². The zero-order chi connectivity index (χ0) is 11.5. The third kappa shape index (κ3) is 8.22. The highest BCUT2D eigenvalue weighted by molar-refractivity contribution is 5.77. The van der Waals surface area contributed by atoms with Gasteiger partial charge in [-0.1, -0.05) is 39.5 Å². The van der Waals surface area contributed by atoms with Crippen LogP contribution in [0.5, 0.6) is 0 Å². The topological polar surface area (TPSA) is 38.4 Å². The van der Waals surface area contributed by atoms with E-state index in [1.165, 1.54) is 38.5 Å². The van der Waals surface area contributed by atoms with Gasteiger partial charge in [-0.15, -0.1) is 0 Å². The van der Waals surface area contributed by atoms with Crippen LogP contribution < -0.4 is 5.73 Å². The van der Waals surface area contributed by atoms with Gasteiger partial charge >= 0.3 is 0 Å². The van der Waals surface area contributed by atoms with E-state index in [0.29, 0.717) is 6.04 Å². The molecule has 0 fully saturated rings. The molecule has 2 N–H and O–H groups in total. The molecule has 0 bridgehead atoms. The maximum Gasteiger partial charge on any atom is 0.0499 e. The van der Waals surface area contributed by atoms with E-state index < -0.39 is 0 Å². The molecule has 0 aromatic carbocycles. The number of allylic oxidation sites excluding steroid dienone is 1. The van der Waals surface area contributed by atoms with Gasteiger partial charge in [0.05, 0.1) is 0 Å². The van der Waals surface area contributed by atoms with E-state index in [2.05, 4.69) is 18.8 Å². The van der Waals surface area contributed by atoms with Gasteiger partial charge in [0.15, 0.2) is 0 Å². The van der Waals surface area contributed by atoms with E-state index in [9.17, 15) is 0 Å². The summed E-state index contributed by atoms with van der Waals surface area (Å²) in [6, 6.07) is 0.497. The average Bonchev–Trinajstić information content (AvgIpc) is 2.25. The molecular formula is C13H26N2. The Bertz CT molecular complexity index is 195. The van der Waals surface area contributed by atoms with Crippen LogP contribution in [0.25, 0.3) is 0 Å². The summed E-state index contributed by atoms with van der Waals surface area (Å²) < 4.78 is 0. The van der Waals surface area contributed by atoms with Gasteiger partial charge in [0, 0.05) is 12.3 Å². The Kier molecular flexibility index (Phi) is 9.24. The molecule has 0 rings (SSSR count). The number of hydrogen-bond donors (Lipinski definition) is 1. The molecule has 0 aliphatic rings. The Labute approximate surface area is 94.7 Å². The van der Waals surface area contributed by atoms with Gasteiger partial charge in [-0.3, -0.25) is 4.99 Å². The maximum absolute atomic E-state index is 5.40. The summed E-state index contributed by atoms with van der Waals surface area (Å²) in [4.78, 5) is 4.58. The molecule has 15 heavy (non-hydrogen) atoms. The van der Waals surface area contributed by atoms with Crippen LogP contribution in [0.15, 0.2) is 16.8 Å². The third-order valence-electron chi connectivity index (χ3n) is 2.51. The predicted molar refractivity (Wildman–Crippen MR) is 69.3 cm³/mol. The Morgan fingerprint density at radius 1 is 1.20 bits per heavy atom. The molecule has 0 heterocycles. The van der Waals surface area contributed by atoms with Crippen molar-refractivity contribution in [1.29, 1.82) is 0 Å². The van der Waals surface area contributed by atoms with Gasteiger partial charge in [0.25, 0.3) is 0 Å². The van der Waals surface area contributed by atoms with Gasteiger partial charge in [-0.25, -0.2) is 0 Å². The first kappa shape index (κ1) is 14.2. The van der Waals surface area contributed by atoms with Crippen molar-refractivity contribution in [2.24, 2.45) is 10.7 Å². The largest absolute Gasteiger partial charge is 0.404 e. The standard InChI is InChI=1S/C13H26N2/c1-4-6-7-9-13(8-5-2)15-11-12(3)10-14/h10-11,13H,4-9,14H2,1-3H3. The highest BCUT2D eigenvalue weighted by Gasteiger charge is 2.03. The summed E-state index contributed by atoms with van der Waals surface area (Å²) >= 11 is 0. The summed E-state index contributed by atoms with van der Waals surface area (Å²) in [7, 11) is 0. The molecule has 0 aliphatic carbocycles. The first-order chi connectivity index (χ1) is 7.24. The minimum atomic E-state index is 0.497. The molecule has 0 saturated carbocycles. The van der Waals surface area contributed by atoms with Gasteiger partial charge in [-0.2, -0.15) is 0 Å². The lowest BCUT2D eigenvalue weighted by molar-refractivity contribution is 0.527. The Balaban J connectivity index is 3.97. The molecule has 0 aromatic heterocycles. The van der Waals surface area contributed by atoms with E-state index in [-0.39, 0.29) is 0 Å². The summed E-state index contributed by atoms with van der Waals surface area (Å²) in [5.41, 5.74) is 6.45. The normalized spacial score (nSPS) is 14.7. The van der Waals surface area contributed by atoms with Crippen LogP contribution in [0.4, 0.5) is 0 Å². The fourth-order valence-electron chi connectivity index (χ4n) is 1.52. The van der Waals surface area contributed by atoms with E-state index in [1.807, 2.05) is 13.1 Å². The summed E-state index contributed by atoms with van der Waals surface area (Å²) in [6.45, 7) is 6.44. The van der Waals surface area contributed by atoms with Gasteiger partial charge in [0.2, 0.25) is 0 Å². The monoisotopic (exact) mass is 210 g/mol. The molecule has 0 radical (unpaired) electrons. The highest BCUT2D eigenvalue weighted by atomic mass is 14.8. The number of rotatable bonds is 8. The minimum absolute atomic E-state index is 0.497. The number of unbranched alkanes of at least 4 members (excludes halogenated alkanes) is 2. The zero-order valence-corrected chi connectivity index (χ0v) is 10.5. The van der Waals surface area contributed by atoms with Crippen LogP contribution >= 0.6 is 0 Å². The van der Waals surface area contributed by atoms with Gasteiger partial charge < -0.3 is 5.73 Å². The number of aliphatic imine (C=N–C) groups is 1. The Morgan fingerprint density at radius 2 is 1.93 bits per heavy atom. The summed E-state index contributed by atoms with van der Waals surface area (Å²) in [6.07, 6.45) is 11.0. The second kappa shape index (κ2) is 9.75. The molecule has 0 amide bonds. The Morgan fingerprint density at radius 3 is 2.47 bits per heavy atom. The predicted octanol–water partition coefficient (Wildman–Crippen LogP) is 3.67. The number of nitrogens with two attached hydrogens (primary N) is 1. The molecule has 88 valence electrons. The maximum atomic E-state index is 5.40. The molecule has 2 heteroatoms. The molecule has 0 aromatic rings. The van der Waals surface area contributed by atoms with Crippen molar-refractivity contribution in [3.63, 3.8) is 0 Å². The van der Waals surface area contributed by atoms with Crippen molar-refractivity contribution in [1.82, 2.24) is 0 Å². The lowest BCUT2D eigenvalue weighted by Crippen LogP contribution is -2.04. The second-order valence-corrected chi connectivity index (χ2v) is 4.13. The lowest BCUT2D eigenvalue weighted by atomic mass is 10.0. The fraction of sp³-hybridized carbons (Fsp3) is 0.769. The third-order valence-corrected chi connectivity index (χ3v) is 2.51. The molecule has 1 atom stereocenters. The quantitative estimate of drug-likeness (QED) is 0.482. The van der Waals surface area contributed by atoms with Crippen molar-refractivity contribution >= 4 is 6.21 Å². The van der Waals surface area contributed by atoms with Crippen LogP contribution in [0.2, 0.25) is 0 Å². The number of nitrogens with zero attached hydrogens (tertiary/aromatic N) is 1. The molecule has 0 aliphatic heterocycles. The van der Waals surface area contributed by atoms with Crippen molar-refractivity contribution in [2.75, 3.05) is 0 Å². The highest BCUT2D eigenvalue weighted by Crippen LogP contribution is 2.11. The van der Waals surface area contributed by atoms with E-state index in [1.54, 1.807) is 6.20 Å². The van der Waals surface area contributed by atoms with Crippen molar-refractivity contribution < 1.29 is 0 Å². The van der Waals surface area contributed by atoms with Crippen LogP contribution in [0.3, 0.4) is 0 Å². The van der Waals surface area contributed by atoms with E-state index in [4.69, 9.17) is 5.73 Å². The van der Waals surface area contributed by atoms with Crippen molar-refractivity contribution in [3.8, 4) is 0 Å². The van der Waals surface area contributed by atoms with Crippen LogP contribution in [-0.2, 0) is 0 Å². The van der Waals surface area contributed by atoms with Crippen LogP contribution in [0.1, 0.15) is 59.3 Å². The average molecular weight is 210 g/mol. The minimum Gasteiger partial charge on any atom is -0.404 e. The lowest BCUT2D eigenvalue weighted by Gasteiger charge is -2.10. The second-order valence-electron chi connectivity index (χ2n) is 4.13. The van der Waals surface area contributed by atoms with Crippen LogP contribution in [0, 0.1) is 0 Å². The molecule has 2 nitrogen and oxygen atoms in total. The first-order valence-electron chi connectivity index (χ1n) is 6.16. The van der Waals surface area contributed by atoms with Gasteiger partial charge in [0.1, 0.15) is 0 Å². The first-order valence-corrected chi connectivity index (χ1v) is 6.16. The van der Waals surface area contributed by atoms with E-state index in [0.717, 1.165) is 5.57 Å². The Hall–Kier alpha value is -0.790. The van der Waals surface area contributed by atoms with Crippen molar-refractivity contribution in [3.05, 3.63) is 11.8 Å². The smallest absolute Gasteiger partial charge is 0.0499 e. The molecule has 0 saturated heterocycles. The van der Waals surface area contributed by atoms with Gasteiger partial charge in [-0.05, 0) is 31.5 Å².